The van der Waals surface area contributed by atoms with Crippen LogP contribution >= 0.6 is 0 Å². The first kappa shape index (κ1) is 28.0. The number of unbranched alkanes of at least 4 members (excludes halogenated alkanes) is 1. The average molecular weight is 486 g/mol. The maximum Gasteiger partial charge on any atom is 0.271 e. The monoisotopic (exact) mass is 485 g/mol. The van der Waals surface area contributed by atoms with Gasteiger partial charge in [-0.2, -0.15) is 0 Å². The van der Waals surface area contributed by atoms with Crippen LogP contribution in [0, 0.1) is 0 Å². The number of carbonyl (C=O) groups excluding carboxylic acids is 2. The van der Waals surface area contributed by atoms with Crippen molar-refractivity contribution in [3.05, 3.63) is 41.2 Å². The summed E-state index contributed by atoms with van der Waals surface area (Å²) in [7, 11) is 0. The number of carbonyl (C=O) groups is 2. The van der Waals surface area contributed by atoms with E-state index in [0.717, 1.165) is 30.6 Å². The van der Waals surface area contributed by atoms with E-state index < -0.39 is 5.91 Å². The molecule has 7 N–H and O–H groups in total. The Hall–Kier alpha value is -3.24. The van der Waals surface area contributed by atoms with E-state index in [4.69, 9.17) is 16.2 Å². The molecule has 0 radical (unpaired) electrons. The Kier molecular flexibility index (Phi) is 12.5. The molecule has 0 bridgehead atoms. The molecule has 1 aromatic carbocycles. The average Bonchev–Trinajstić information content (AvgIpc) is 2.86. The number of benzene rings is 1. The van der Waals surface area contributed by atoms with E-state index in [9.17, 15) is 9.59 Å². The number of aryl methyl sites for hydroxylation is 1. The molecule has 2 amide bonds. The molecule has 35 heavy (non-hydrogen) atoms. The fraction of sp³-hybridized carbons (Fsp3) is 0.520. The molecule has 10 heteroatoms. The lowest BCUT2D eigenvalue weighted by molar-refractivity contribution is -0.109. The van der Waals surface area contributed by atoms with Gasteiger partial charge in [0.15, 0.2) is 17.3 Å². The lowest BCUT2D eigenvalue weighted by atomic mass is 10.1. The molecule has 0 unspecified atom stereocenters. The Labute approximate surface area is 207 Å². The molecular formula is C25H39N7O3. The second kappa shape index (κ2) is 15.6. The van der Waals surface area contributed by atoms with Gasteiger partial charge in [-0.15, -0.1) is 0 Å². The Balaban J connectivity index is 0.000000784. The Morgan fingerprint density at radius 1 is 1.20 bits per heavy atom. The molecule has 0 atom stereocenters. The van der Waals surface area contributed by atoms with Gasteiger partial charge in [-0.05, 0) is 56.3 Å². The number of anilines is 3. The molecule has 3 rings (SSSR count). The highest BCUT2D eigenvalue weighted by atomic mass is 16.5. The summed E-state index contributed by atoms with van der Waals surface area (Å²) in [5.41, 5.74) is 13.3. The van der Waals surface area contributed by atoms with Crippen LogP contribution in [0.1, 0.15) is 61.3 Å². The maximum atomic E-state index is 12.0. The van der Waals surface area contributed by atoms with E-state index >= 15 is 0 Å². The van der Waals surface area contributed by atoms with E-state index in [0.29, 0.717) is 56.3 Å². The second-order valence-electron chi connectivity index (χ2n) is 8.25. The number of rotatable bonds is 12. The van der Waals surface area contributed by atoms with Gasteiger partial charge < -0.3 is 32.2 Å². The van der Waals surface area contributed by atoms with E-state index in [1.54, 1.807) is 0 Å². The highest BCUT2D eigenvalue weighted by Crippen LogP contribution is 2.24. The van der Waals surface area contributed by atoms with Crippen LogP contribution in [0.15, 0.2) is 24.3 Å². The molecule has 1 aliphatic rings. The highest BCUT2D eigenvalue weighted by Gasteiger charge is 2.20. The third kappa shape index (κ3) is 9.50. The van der Waals surface area contributed by atoms with Gasteiger partial charge in [0.2, 0.25) is 6.41 Å². The number of nitrogens with zero attached hydrogens (tertiary/aromatic N) is 2. The summed E-state index contributed by atoms with van der Waals surface area (Å²) >= 11 is 0. The minimum atomic E-state index is -0.636. The van der Waals surface area contributed by atoms with Gasteiger partial charge in [-0.1, -0.05) is 32.4 Å². The van der Waals surface area contributed by atoms with Crippen LogP contribution < -0.4 is 27.4 Å². The number of hydrogen-bond acceptors (Lipinski definition) is 8. The van der Waals surface area contributed by atoms with E-state index in [1.165, 1.54) is 12.8 Å². The van der Waals surface area contributed by atoms with Crippen molar-refractivity contribution >= 4 is 29.6 Å². The Morgan fingerprint density at radius 3 is 2.57 bits per heavy atom. The first-order valence-corrected chi connectivity index (χ1v) is 12.3. The Morgan fingerprint density at radius 2 is 1.97 bits per heavy atom. The van der Waals surface area contributed by atoms with E-state index in [1.807, 2.05) is 31.2 Å². The third-order valence-corrected chi connectivity index (χ3v) is 5.49. The minimum Gasteiger partial charge on any atom is -0.381 e. The summed E-state index contributed by atoms with van der Waals surface area (Å²) in [6.45, 7) is 6.91. The fourth-order valence-corrected chi connectivity index (χ4v) is 3.55. The van der Waals surface area contributed by atoms with E-state index in [2.05, 4.69) is 32.8 Å². The van der Waals surface area contributed by atoms with Crippen molar-refractivity contribution in [1.82, 2.24) is 15.3 Å². The van der Waals surface area contributed by atoms with E-state index in [-0.39, 0.29) is 11.7 Å². The molecule has 2 heterocycles. The van der Waals surface area contributed by atoms with Crippen LogP contribution in [0.3, 0.4) is 0 Å². The lowest BCUT2D eigenvalue weighted by Crippen LogP contribution is -2.29. The second-order valence-corrected chi connectivity index (χ2v) is 8.25. The van der Waals surface area contributed by atoms with Crippen molar-refractivity contribution < 1.29 is 14.3 Å². The number of amides is 2. The summed E-state index contributed by atoms with van der Waals surface area (Å²) < 4.78 is 5.42. The van der Waals surface area contributed by atoms with Crippen LogP contribution in [0.25, 0.3) is 0 Å². The summed E-state index contributed by atoms with van der Waals surface area (Å²) in [6.07, 6.45) is 6.16. The smallest absolute Gasteiger partial charge is 0.271 e. The molecule has 192 valence electrons. The quantitative estimate of drug-likeness (QED) is 0.227. The normalized spacial score (nSPS) is 13.3. The number of aromatic nitrogens is 2. The van der Waals surface area contributed by atoms with Crippen molar-refractivity contribution in [3.8, 4) is 0 Å². The van der Waals surface area contributed by atoms with Gasteiger partial charge in [-0.3, -0.25) is 9.59 Å². The maximum absolute atomic E-state index is 12.0. The summed E-state index contributed by atoms with van der Waals surface area (Å²) in [5.74, 6) is 0.337. The van der Waals surface area contributed by atoms with Crippen LogP contribution in [-0.2, 0) is 22.4 Å². The number of hydrogen-bond donors (Lipinski definition) is 5. The summed E-state index contributed by atoms with van der Waals surface area (Å²) in [5, 5.41) is 9.28. The van der Waals surface area contributed by atoms with Gasteiger partial charge >= 0.3 is 0 Å². The van der Waals surface area contributed by atoms with Crippen molar-refractivity contribution in [3.63, 3.8) is 0 Å². The summed E-state index contributed by atoms with van der Waals surface area (Å²) in [4.78, 5) is 31.6. The van der Waals surface area contributed by atoms with Gasteiger partial charge in [0.1, 0.15) is 0 Å². The molecule has 0 aliphatic carbocycles. The molecular weight excluding hydrogens is 446 g/mol. The molecule has 1 aromatic heterocycles. The number of nitrogens with one attached hydrogen (secondary N) is 3. The predicted octanol–water partition coefficient (Wildman–Crippen LogP) is 2.51. The molecule has 2 aromatic rings. The number of nitrogens with two attached hydrogens (primary N) is 2. The van der Waals surface area contributed by atoms with Crippen LogP contribution in [0.2, 0.25) is 0 Å². The molecule has 0 spiro atoms. The fourth-order valence-electron chi connectivity index (χ4n) is 3.55. The van der Waals surface area contributed by atoms with Crippen molar-refractivity contribution in [2.75, 3.05) is 36.9 Å². The standard InChI is InChI=1S/C21H28N6O3.C4H11N/c1-2-17-20(24-15-7-10-30-11-8-15)27-21(18(26-17)19(22)29)25-16-5-3-4-14(12-16)6-9-23-13-28;1-2-3-4-5/h3-5,12-13,15H,2,6-11H2,1H3,(H2,22,29)(H,23,28)(H2,24,25,27);2-5H2,1H3. The number of primary amides is 1. The predicted molar refractivity (Wildman–Crippen MR) is 139 cm³/mol. The van der Waals surface area contributed by atoms with Gasteiger partial charge in [0, 0.05) is 31.5 Å². The largest absolute Gasteiger partial charge is 0.381 e. The number of ether oxygens (including phenoxy) is 1. The zero-order valence-corrected chi connectivity index (χ0v) is 20.8. The SMILES string of the molecule is CCCCN.CCc1nc(C(N)=O)c(Nc2cccc(CCNC=O)c2)nc1NC1CCOCC1. The van der Waals surface area contributed by atoms with Gasteiger partial charge in [0.25, 0.3) is 5.91 Å². The molecule has 1 fully saturated rings. The zero-order valence-electron chi connectivity index (χ0n) is 20.8. The summed E-state index contributed by atoms with van der Waals surface area (Å²) in [6, 6.07) is 7.94. The topological polar surface area (TPSA) is 157 Å². The lowest BCUT2D eigenvalue weighted by Gasteiger charge is -2.25. The highest BCUT2D eigenvalue weighted by molar-refractivity contribution is 5.96. The molecule has 1 aliphatic heterocycles. The van der Waals surface area contributed by atoms with Gasteiger partial charge in [-0.25, -0.2) is 9.97 Å². The van der Waals surface area contributed by atoms with Crippen LogP contribution in [-0.4, -0.2) is 54.6 Å². The Bertz CT molecular complexity index is 931. The van der Waals surface area contributed by atoms with Crippen molar-refractivity contribution in [2.45, 2.75) is 58.4 Å². The zero-order chi connectivity index (χ0) is 25.5. The molecule has 10 nitrogen and oxygen atoms in total. The first-order valence-electron chi connectivity index (χ1n) is 12.3. The van der Waals surface area contributed by atoms with Gasteiger partial charge in [0.05, 0.1) is 5.69 Å². The van der Waals surface area contributed by atoms with Crippen molar-refractivity contribution in [1.29, 1.82) is 0 Å². The molecule has 0 saturated carbocycles. The van der Waals surface area contributed by atoms with Crippen LogP contribution in [0.5, 0.6) is 0 Å². The van der Waals surface area contributed by atoms with Crippen LogP contribution in [0.4, 0.5) is 17.3 Å². The molecule has 1 saturated heterocycles. The first-order chi connectivity index (χ1) is 17.0. The third-order valence-electron chi connectivity index (χ3n) is 5.49. The van der Waals surface area contributed by atoms with Crippen molar-refractivity contribution in [2.24, 2.45) is 11.5 Å². The minimum absolute atomic E-state index is 0.109.